The number of aromatic nitrogens is 5. The molecular formula is C28H30F2N6O2. The van der Waals surface area contributed by atoms with Crippen LogP contribution in [0.15, 0.2) is 42.9 Å². The van der Waals surface area contributed by atoms with Crippen molar-refractivity contribution < 1.29 is 18.6 Å². The van der Waals surface area contributed by atoms with Crippen LogP contribution in [0, 0.1) is 17.6 Å². The smallest absolute Gasteiger partial charge is 0.167 e. The molecule has 1 saturated heterocycles. The number of benzene rings is 1. The maximum Gasteiger partial charge on any atom is 0.167 e. The molecule has 1 unspecified atom stereocenters. The molecule has 1 N–H and O–H groups in total. The number of ether oxygens (including phenoxy) is 1. The van der Waals surface area contributed by atoms with Gasteiger partial charge in [-0.25, -0.2) is 18.7 Å². The molecular weight excluding hydrogens is 490 g/mol. The van der Waals surface area contributed by atoms with Gasteiger partial charge in [-0.1, -0.05) is 13.8 Å². The van der Waals surface area contributed by atoms with E-state index in [0.29, 0.717) is 48.7 Å². The second-order valence-electron chi connectivity index (χ2n) is 10.5. The van der Waals surface area contributed by atoms with Gasteiger partial charge < -0.3 is 14.7 Å². The van der Waals surface area contributed by atoms with E-state index in [1.165, 1.54) is 12.1 Å². The van der Waals surface area contributed by atoms with E-state index in [9.17, 15) is 13.9 Å². The highest BCUT2D eigenvalue weighted by Gasteiger charge is 2.28. The van der Waals surface area contributed by atoms with E-state index in [1.807, 2.05) is 30.9 Å². The first-order valence-electron chi connectivity index (χ1n) is 13.1. The van der Waals surface area contributed by atoms with Crippen LogP contribution in [-0.2, 0) is 0 Å². The van der Waals surface area contributed by atoms with Crippen molar-refractivity contribution in [2.24, 2.45) is 5.92 Å². The molecule has 0 spiro atoms. The molecule has 4 aromatic rings. The maximum atomic E-state index is 14.1. The Hall–Kier alpha value is -3.66. The van der Waals surface area contributed by atoms with Gasteiger partial charge >= 0.3 is 0 Å². The Labute approximate surface area is 219 Å². The van der Waals surface area contributed by atoms with Crippen molar-refractivity contribution >= 4 is 16.9 Å². The summed E-state index contributed by atoms with van der Waals surface area (Å²) in [5, 5.41) is 15.1. The summed E-state index contributed by atoms with van der Waals surface area (Å²) in [5.74, 6) is -0.514. The van der Waals surface area contributed by atoms with Crippen LogP contribution in [-0.4, -0.2) is 49.0 Å². The summed E-state index contributed by atoms with van der Waals surface area (Å²) in [4.78, 5) is 16.6. The molecule has 8 nitrogen and oxygen atoms in total. The highest BCUT2D eigenvalue weighted by molar-refractivity contribution is 5.83. The van der Waals surface area contributed by atoms with Crippen molar-refractivity contribution in [1.29, 1.82) is 0 Å². The van der Waals surface area contributed by atoms with Crippen LogP contribution in [0.25, 0.3) is 22.3 Å². The Balaban J connectivity index is 1.30. The third-order valence-corrected chi connectivity index (χ3v) is 7.21. The zero-order valence-electron chi connectivity index (χ0n) is 21.4. The summed E-state index contributed by atoms with van der Waals surface area (Å²) in [6, 6.07) is 5.62. The summed E-state index contributed by atoms with van der Waals surface area (Å²) in [7, 11) is 0. The molecule has 3 aromatic heterocycles. The Morgan fingerprint density at radius 3 is 2.50 bits per heavy atom. The van der Waals surface area contributed by atoms with Crippen molar-refractivity contribution in [3.63, 3.8) is 0 Å². The van der Waals surface area contributed by atoms with Gasteiger partial charge in [0.15, 0.2) is 17.4 Å². The van der Waals surface area contributed by atoms with Crippen LogP contribution in [0.1, 0.15) is 57.4 Å². The largest absolute Gasteiger partial charge is 0.487 e. The average molecular weight is 521 g/mol. The first kappa shape index (κ1) is 24.7. The van der Waals surface area contributed by atoms with E-state index in [0.717, 1.165) is 36.0 Å². The monoisotopic (exact) mass is 520 g/mol. The summed E-state index contributed by atoms with van der Waals surface area (Å²) in [5.41, 5.74) is 3.49. The normalized spacial score (nSPS) is 17.4. The molecule has 2 aliphatic rings. The zero-order valence-corrected chi connectivity index (χ0v) is 21.4. The number of rotatable bonds is 7. The second kappa shape index (κ2) is 9.90. The third-order valence-electron chi connectivity index (χ3n) is 7.21. The molecule has 0 bridgehead atoms. The lowest BCUT2D eigenvalue weighted by molar-refractivity contribution is 0.122. The fourth-order valence-electron chi connectivity index (χ4n) is 4.82. The van der Waals surface area contributed by atoms with Crippen LogP contribution < -0.4 is 9.64 Å². The first-order chi connectivity index (χ1) is 18.4. The number of aliphatic hydroxyl groups excluding tert-OH is 1. The van der Waals surface area contributed by atoms with Gasteiger partial charge in [0.25, 0.3) is 0 Å². The highest BCUT2D eigenvalue weighted by Crippen LogP contribution is 2.37. The SMILES string of the molecule is CC(C)C(O)c1cc2nc(N3CCC(Oc4ccc(F)cc4F)CC3)c(-c3cnn(C4CC4)c3)nc2cn1. The predicted molar refractivity (Wildman–Crippen MR) is 139 cm³/mol. The molecule has 2 fully saturated rings. The standard InChI is InChI=1S/C28H30F2N6O2/c1-16(2)27(37)23-12-22-24(14-31-23)33-26(17-13-32-36(15-17)19-4-5-19)28(34-22)35-9-7-20(8-10-35)38-25-6-3-18(29)11-21(25)30/h3,6,11-16,19-20,27,37H,4-5,7-10H2,1-2H3. The minimum Gasteiger partial charge on any atom is -0.487 e. The lowest BCUT2D eigenvalue weighted by Crippen LogP contribution is -2.39. The van der Waals surface area contributed by atoms with E-state index in [4.69, 9.17) is 14.7 Å². The second-order valence-corrected chi connectivity index (χ2v) is 10.5. The minimum atomic E-state index is -0.698. The van der Waals surface area contributed by atoms with Gasteiger partial charge in [0, 0.05) is 43.8 Å². The molecule has 6 rings (SSSR count). The number of aliphatic hydroxyl groups is 1. The fraction of sp³-hybridized carbons (Fsp3) is 0.429. The molecule has 38 heavy (non-hydrogen) atoms. The molecule has 1 aromatic carbocycles. The van der Waals surface area contributed by atoms with Crippen LogP contribution in [0.2, 0.25) is 0 Å². The van der Waals surface area contributed by atoms with Gasteiger partial charge in [0.1, 0.15) is 23.1 Å². The van der Waals surface area contributed by atoms with Gasteiger partial charge in [-0.2, -0.15) is 5.10 Å². The quantitative estimate of drug-likeness (QED) is 0.357. The van der Waals surface area contributed by atoms with Gasteiger partial charge in [-0.3, -0.25) is 9.67 Å². The summed E-state index contributed by atoms with van der Waals surface area (Å²) in [6.45, 7) is 5.14. The lowest BCUT2D eigenvalue weighted by Gasteiger charge is -2.33. The van der Waals surface area contributed by atoms with Crippen molar-refractivity contribution in [2.75, 3.05) is 18.0 Å². The molecule has 1 aliphatic carbocycles. The number of pyridine rings is 1. The van der Waals surface area contributed by atoms with Crippen molar-refractivity contribution in [3.05, 3.63) is 60.2 Å². The van der Waals surface area contributed by atoms with Crippen LogP contribution in [0.3, 0.4) is 0 Å². The number of fused-ring (bicyclic) bond motifs is 1. The van der Waals surface area contributed by atoms with Crippen molar-refractivity contribution in [1.82, 2.24) is 24.7 Å². The van der Waals surface area contributed by atoms with Gasteiger partial charge in [0.05, 0.1) is 35.8 Å². The summed E-state index contributed by atoms with van der Waals surface area (Å²) >= 11 is 0. The highest BCUT2D eigenvalue weighted by atomic mass is 19.1. The fourth-order valence-corrected chi connectivity index (χ4v) is 4.82. The maximum absolute atomic E-state index is 14.1. The van der Waals surface area contributed by atoms with Crippen LogP contribution >= 0.6 is 0 Å². The number of piperidine rings is 1. The number of nitrogens with zero attached hydrogens (tertiary/aromatic N) is 6. The first-order valence-corrected chi connectivity index (χ1v) is 13.1. The third kappa shape index (κ3) is 4.92. The molecule has 10 heteroatoms. The van der Waals surface area contributed by atoms with Crippen LogP contribution in [0.5, 0.6) is 5.75 Å². The van der Waals surface area contributed by atoms with E-state index in [1.54, 1.807) is 12.3 Å². The Morgan fingerprint density at radius 2 is 1.79 bits per heavy atom. The molecule has 1 saturated carbocycles. The van der Waals surface area contributed by atoms with Gasteiger partial charge in [-0.15, -0.1) is 0 Å². The molecule has 0 radical (unpaired) electrons. The summed E-state index contributed by atoms with van der Waals surface area (Å²) in [6.07, 6.45) is 8.17. The molecule has 0 amide bonds. The van der Waals surface area contributed by atoms with E-state index in [-0.39, 0.29) is 17.8 Å². The zero-order chi connectivity index (χ0) is 26.4. The average Bonchev–Trinajstić information content (AvgIpc) is 3.65. The molecule has 1 aliphatic heterocycles. The van der Waals surface area contributed by atoms with Gasteiger partial charge in [-0.05, 0) is 37.0 Å². The van der Waals surface area contributed by atoms with E-state index < -0.39 is 17.7 Å². The predicted octanol–water partition coefficient (Wildman–Crippen LogP) is 5.24. The topological polar surface area (TPSA) is 89.2 Å². The van der Waals surface area contributed by atoms with E-state index in [2.05, 4.69) is 15.0 Å². The van der Waals surface area contributed by atoms with Crippen molar-refractivity contribution in [3.8, 4) is 17.0 Å². The van der Waals surface area contributed by atoms with Crippen molar-refractivity contribution in [2.45, 2.75) is 57.8 Å². The Bertz CT molecular complexity index is 1460. The number of anilines is 1. The molecule has 1 atom stereocenters. The Kier molecular flexibility index (Phi) is 6.43. The van der Waals surface area contributed by atoms with E-state index >= 15 is 0 Å². The van der Waals surface area contributed by atoms with Gasteiger partial charge in [0.2, 0.25) is 0 Å². The lowest BCUT2D eigenvalue weighted by atomic mass is 10.0. The Morgan fingerprint density at radius 1 is 1.00 bits per heavy atom. The minimum absolute atomic E-state index is 0.0184. The van der Waals surface area contributed by atoms with Crippen LogP contribution in [0.4, 0.5) is 14.6 Å². The number of halogens is 2. The molecule has 198 valence electrons. The molecule has 4 heterocycles. The summed E-state index contributed by atoms with van der Waals surface area (Å²) < 4.78 is 35.2. The number of hydrogen-bond acceptors (Lipinski definition) is 7. The number of hydrogen-bond donors (Lipinski definition) is 1.